The van der Waals surface area contributed by atoms with Crippen molar-refractivity contribution in [1.82, 2.24) is 19.9 Å². The lowest BCUT2D eigenvalue weighted by molar-refractivity contribution is 0.122. The van der Waals surface area contributed by atoms with E-state index in [1.54, 1.807) is 24.5 Å². The Morgan fingerprint density at radius 1 is 0.909 bits per heavy atom. The van der Waals surface area contributed by atoms with Crippen LogP contribution in [0.4, 0.5) is 10.3 Å². The minimum absolute atomic E-state index is 0.0531. The maximum atomic E-state index is 13.7. The van der Waals surface area contributed by atoms with E-state index in [-0.39, 0.29) is 5.02 Å². The first-order valence-corrected chi connectivity index (χ1v) is 11.0. The number of halogens is 2. The molecule has 5 rings (SSSR count). The van der Waals surface area contributed by atoms with Crippen LogP contribution in [0.1, 0.15) is 5.56 Å². The van der Waals surface area contributed by atoms with Crippen LogP contribution in [-0.4, -0.2) is 46.2 Å². The van der Waals surface area contributed by atoms with Gasteiger partial charge in [0.2, 0.25) is 5.95 Å². The Balaban J connectivity index is 1.57. The summed E-state index contributed by atoms with van der Waals surface area (Å²) in [7, 11) is 0. The summed E-state index contributed by atoms with van der Waals surface area (Å²) in [6, 6.07) is 14.3. The Bertz CT molecular complexity index is 1290. The highest BCUT2D eigenvalue weighted by Gasteiger charge is 2.18. The maximum absolute atomic E-state index is 13.7. The lowest BCUT2D eigenvalue weighted by atomic mass is 10.1. The second-order valence-electron chi connectivity index (χ2n) is 7.77. The number of anilines is 1. The number of aryl methyl sites for hydroxylation is 1. The van der Waals surface area contributed by atoms with E-state index in [2.05, 4.69) is 14.9 Å². The van der Waals surface area contributed by atoms with E-state index in [1.165, 1.54) is 6.07 Å². The summed E-state index contributed by atoms with van der Waals surface area (Å²) in [6.45, 7) is 4.64. The third-order valence-electron chi connectivity index (χ3n) is 5.53. The van der Waals surface area contributed by atoms with Gasteiger partial charge in [-0.1, -0.05) is 17.7 Å². The molecule has 166 valence electrons. The number of rotatable bonds is 4. The Morgan fingerprint density at radius 3 is 2.36 bits per heavy atom. The molecule has 0 unspecified atom stereocenters. The summed E-state index contributed by atoms with van der Waals surface area (Å²) in [5.41, 5.74) is 5.65. The highest BCUT2D eigenvalue weighted by atomic mass is 35.5. The standard InChI is InChI=1S/C25H21ClFN5O/c1-16-3-2-8-28-24(16)21-7-5-18(15-29-21)23-14-22(17-4-6-20(27)19(26)13-17)30-25(31-23)32-9-11-33-12-10-32/h2-8,13-15H,9-12H2,1H3. The van der Waals surface area contributed by atoms with Crippen LogP contribution in [0.25, 0.3) is 33.9 Å². The molecule has 0 atom stereocenters. The molecule has 0 amide bonds. The molecule has 0 N–H and O–H groups in total. The largest absolute Gasteiger partial charge is 0.378 e. The molecule has 8 heteroatoms. The van der Waals surface area contributed by atoms with Gasteiger partial charge >= 0.3 is 0 Å². The molecule has 1 saturated heterocycles. The number of benzene rings is 1. The summed E-state index contributed by atoms with van der Waals surface area (Å²) in [5.74, 6) is 0.128. The van der Waals surface area contributed by atoms with E-state index < -0.39 is 5.82 Å². The molecule has 1 aliphatic rings. The maximum Gasteiger partial charge on any atom is 0.226 e. The number of morpholine rings is 1. The molecule has 0 aliphatic carbocycles. The molecule has 4 heterocycles. The van der Waals surface area contributed by atoms with E-state index >= 15 is 0 Å². The van der Waals surface area contributed by atoms with Crippen molar-refractivity contribution >= 4 is 17.5 Å². The van der Waals surface area contributed by atoms with Crippen LogP contribution in [0.2, 0.25) is 5.02 Å². The Kier molecular flexibility index (Phi) is 5.98. The van der Waals surface area contributed by atoms with Gasteiger partial charge in [0, 0.05) is 36.6 Å². The predicted molar refractivity (Wildman–Crippen MR) is 127 cm³/mol. The number of hydrogen-bond acceptors (Lipinski definition) is 6. The van der Waals surface area contributed by atoms with Crippen molar-refractivity contribution in [2.24, 2.45) is 0 Å². The van der Waals surface area contributed by atoms with Gasteiger partial charge in [0.15, 0.2) is 0 Å². The van der Waals surface area contributed by atoms with Gasteiger partial charge < -0.3 is 9.64 Å². The summed E-state index contributed by atoms with van der Waals surface area (Å²) in [6.07, 6.45) is 3.55. The van der Waals surface area contributed by atoms with Gasteiger partial charge in [-0.15, -0.1) is 0 Å². The monoisotopic (exact) mass is 461 g/mol. The van der Waals surface area contributed by atoms with Crippen LogP contribution >= 0.6 is 11.6 Å². The second-order valence-corrected chi connectivity index (χ2v) is 8.17. The molecule has 0 saturated carbocycles. The van der Waals surface area contributed by atoms with E-state index in [9.17, 15) is 4.39 Å². The molecular formula is C25H21ClFN5O. The smallest absolute Gasteiger partial charge is 0.226 e. The molecule has 0 bridgehead atoms. The van der Waals surface area contributed by atoms with E-state index in [0.29, 0.717) is 43.5 Å². The van der Waals surface area contributed by atoms with Gasteiger partial charge in [0.25, 0.3) is 0 Å². The fourth-order valence-electron chi connectivity index (χ4n) is 3.73. The average molecular weight is 462 g/mol. The van der Waals surface area contributed by atoms with Crippen molar-refractivity contribution < 1.29 is 9.13 Å². The number of aromatic nitrogens is 4. The van der Waals surface area contributed by atoms with Crippen LogP contribution in [-0.2, 0) is 4.74 Å². The topological polar surface area (TPSA) is 64.0 Å². The quantitative estimate of drug-likeness (QED) is 0.416. The Morgan fingerprint density at radius 2 is 1.67 bits per heavy atom. The first kappa shape index (κ1) is 21.4. The Labute approximate surface area is 196 Å². The third-order valence-corrected chi connectivity index (χ3v) is 5.82. The molecular weight excluding hydrogens is 441 g/mol. The zero-order valence-electron chi connectivity index (χ0n) is 18.0. The number of nitrogens with zero attached hydrogens (tertiary/aromatic N) is 5. The molecule has 1 fully saturated rings. The number of ether oxygens (including phenoxy) is 1. The van der Waals surface area contributed by atoms with Gasteiger partial charge in [-0.3, -0.25) is 9.97 Å². The Hall–Kier alpha value is -3.42. The number of hydrogen-bond donors (Lipinski definition) is 0. The molecule has 1 aliphatic heterocycles. The molecule has 4 aromatic rings. The van der Waals surface area contributed by atoms with Crippen molar-refractivity contribution in [3.8, 4) is 33.9 Å². The molecule has 3 aromatic heterocycles. The number of pyridine rings is 2. The van der Waals surface area contributed by atoms with Crippen LogP contribution in [0.15, 0.2) is 60.9 Å². The van der Waals surface area contributed by atoms with Crippen molar-refractivity contribution in [2.75, 3.05) is 31.2 Å². The highest BCUT2D eigenvalue weighted by Crippen LogP contribution is 2.30. The van der Waals surface area contributed by atoms with Crippen LogP contribution < -0.4 is 4.90 Å². The fourth-order valence-corrected chi connectivity index (χ4v) is 3.91. The van der Waals surface area contributed by atoms with Gasteiger partial charge in [-0.05, 0) is 55.0 Å². The van der Waals surface area contributed by atoms with Crippen molar-refractivity contribution in [3.05, 3.63) is 77.3 Å². The normalized spacial score (nSPS) is 13.8. The predicted octanol–water partition coefficient (Wildman–Crippen LogP) is 5.21. The lowest BCUT2D eigenvalue weighted by Gasteiger charge is -2.27. The highest BCUT2D eigenvalue weighted by molar-refractivity contribution is 6.31. The van der Waals surface area contributed by atoms with Gasteiger partial charge in [-0.25, -0.2) is 14.4 Å². The van der Waals surface area contributed by atoms with Gasteiger partial charge in [0.1, 0.15) is 5.82 Å². The molecule has 0 spiro atoms. The van der Waals surface area contributed by atoms with E-state index in [4.69, 9.17) is 26.3 Å². The lowest BCUT2D eigenvalue weighted by Crippen LogP contribution is -2.37. The van der Waals surface area contributed by atoms with Crippen molar-refractivity contribution in [3.63, 3.8) is 0 Å². The van der Waals surface area contributed by atoms with Crippen LogP contribution in [0, 0.1) is 12.7 Å². The van der Waals surface area contributed by atoms with E-state index in [0.717, 1.165) is 28.2 Å². The zero-order valence-corrected chi connectivity index (χ0v) is 18.8. The van der Waals surface area contributed by atoms with Gasteiger partial charge in [0.05, 0.1) is 41.0 Å². The first-order chi connectivity index (χ1) is 16.1. The van der Waals surface area contributed by atoms with Crippen molar-refractivity contribution in [1.29, 1.82) is 0 Å². The van der Waals surface area contributed by atoms with Crippen LogP contribution in [0.3, 0.4) is 0 Å². The first-order valence-electron chi connectivity index (χ1n) is 10.6. The fraction of sp³-hybridized carbons (Fsp3) is 0.200. The van der Waals surface area contributed by atoms with E-state index in [1.807, 2.05) is 37.3 Å². The van der Waals surface area contributed by atoms with Crippen molar-refractivity contribution in [2.45, 2.75) is 6.92 Å². The van der Waals surface area contributed by atoms with Crippen LogP contribution in [0.5, 0.6) is 0 Å². The zero-order chi connectivity index (χ0) is 22.8. The summed E-state index contributed by atoms with van der Waals surface area (Å²) < 4.78 is 19.2. The molecule has 6 nitrogen and oxygen atoms in total. The molecule has 1 aromatic carbocycles. The average Bonchev–Trinajstić information content (AvgIpc) is 2.86. The molecule has 0 radical (unpaired) electrons. The second kappa shape index (κ2) is 9.21. The summed E-state index contributed by atoms with van der Waals surface area (Å²) in [5, 5.41) is 0.0531. The SMILES string of the molecule is Cc1cccnc1-c1ccc(-c2cc(-c3ccc(F)c(Cl)c3)nc(N3CCOCC3)n2)cn1. The summed E-state index contributed by atoms with van der Waals surface area (Å²) >= 11 is 6.04. The molecule has 33 heavy (non-hydrogen) atoms. The van der Waals surface area contributed by atoms with Gasteiger partial charge in [-0.2, -0.15) is 0 Å². The minimum atomic E-state index is -0.465. The third kappa shape index (κ3) is 4.55. The minimum Gasteiger partial charge on any atom is -0.378 e. The summed E-state index contributed by atoms with van der Waals surface area (Å²) in [4.78, 5) is 20.7.